The van der Waals surface area contributed by atoms with Gasteiger partial charge in [0.25, 0.3) is 11.5 Å². The fraction of sp³-hybridized carbons (Fsp3) is 0.400. The molecule has 0 spiro atoms. The van der Waals surface area contributed by atoms with Gasteiger partial charge in [0, 0.05) is 12.6 Å². The van der Waals surface area contributed by atoms with Gasteiger partial charge in [0.2, 0.25) is 5.91 Å². The monoisotopic (exact) mass is 238 g/mol. The van der Waals surface area contributed by atoms with Gasteiger partial charge in [0.1, 0.15) is 5.69 Å². The molecule has 1 heterocycles. The van der Waals surface area contributed by atoms with Crippen molar-refractivity contribution in [1.29, 1.82) is 0 Å². The number of nitrogens with one attached hydrogen (secondary N) is 3. The number of aromatic amines is 1. The van der Waals surface area contributed by atoms with E-state index in [0.717, 1.165) is 6.42 Å². The molecule has 1 rings (SSSR count). The standard InChI is InChI=1S/C10H14N4O3/c1-2-5-11-9(16)6-12-10(17)7-3-4-8(15)14-13-7/h3-4H,2,5-6H2,1H3,(H,11,16)(H,12,17)(H,14,15). The SMILES string of the molecule is CCCNC(=O)CNC(=O)c1ccc(=O)[nH]n1. The molecule has 0 aliphatic heterocycles. The molecule has 2 amide bonds. The molecule has 0 saturated heterocycles. The van der Waals surface area contributed by atoms with Gasteiger partial charge in [-0.05, 0) is 12.5 Å². The predicted octanol–water partition coefficient (Wildman–Crippen LogP) is -0.974. The van der Waals surface area contributed by atoms with Crippen LogP contribution < -0.4 is 16.2 Å². The third-order valence-corrected chi connectivity index (χ3v) is 1.89. The van der Waals surface area contributed by atoms with Crippen LogP contribution in [0.15, 0.2) is 16.9 Å². The van der Waals surface area contributed by atoms with E-state index in [-0.39, 0.29) is 23.7 Å². The molecule has 7 nitrogen and oxygen atoms in total. The van der Waals surface area contributed by atoms with Crippen LogP contribution in [0.1, 0.15) is 23.8 Å². The molecule has 0 aliphatic rings. The maximum absolute atomic E-state index is 11.5. The van der Waals surface area contributed by atoms with Crippen molar-refractivity contribution in [2.75, 3.05) is 13.1 Å². The lowest BCUT2D eigenvalue weighted by Crippen LogP contribution is -2.37. The van der Waals surface area contributed by atoms with Gasteiger partial charge in [-0.15, -0.1) is 0 Å². The molecular formula is C10H14N4O3. The number of rotatable bonds is 5. The second kappa shape index (κ2) is 6.41. The molecule has 1 aromatic heterocycles. The minimum absolute atomic E-state index is 0.0629. The number of hydrogen-bond acceptors (Lipinski definition) is 4. The zero-order valence-corrected chi connectivity index (χ0v) is 9.45. The molecule has 0 bridgehead atoms. The van der Waals surface area contributed by atoms with Crippen LogP contribution in [0.25, 0.3) is 0 Å². The molecule has 0 atom stereocenters. The van der Waals surface area contributed by atoms with Gasteiger partial charge in [0.05, 0.1) is 6.54 Å². The Labute approximate surface area is 97.6 Å². The molecule has 7 heteroatoms. The van der Waals surface area contributed by atoms with Crippen LogP contribution in [-0.2, 0) is 4.79 Å². The third kappa shape index (κ3) is 4.45. The molecule has 92 valence electrons. The van der Waals surface area contributed by atoms with E-state index in [9.17, 15) is 14.4 Å². The summed E-state index contributed by atoms with van der Waals surface area (Å²) >= 11 is 0. The molecule has 0 aromatic carbocycles. The Kier molecular flexibility index (Phi) is 4.86. The average Bonchev–Trinajstić information content (AvgIpc) is 2.34. The molecule has 0 aliphatic carbocycles. The first-order valence-corrected chi connectivity index (χ1v) is 5.24. The van der Waals surface area contributed by atoms with Crippen molar-refractivity contribution in [3.8, 4) is 0 Å². The molecule has 0 fully saturated rings. The van der Waals surface area contributed by atoms with E-state index in [4.69, 9.17) is 0 Å². The maximum atomic E-state index is 11.5. The van der Waals surface area contributed by atoms with E-state index in [0.29, 0.717) is 6.54 Å². The molecule has 0 saturated carbocycles. The Morgan fingerprint density at radius 1 is 1.35 bits per heavy atom. The summed E-state index contributed by atoms with van der Waals surface area (Å²) in [6, 6.07) is 2.48. The molecule has 0 unspecified atom stereocenters. The molecule has 0 radical (unpaired) electrons. The fourth-order valence-electron chi connectivity index (χ4n) is 1.05. The quantitative estimate of drug-likeness (QED) is 0.613. The number of hydrogen-bond donors (Lipinski definition) is 3. The summed E-state index contributed by atoms with van der Waals surface area (Å²) in [6.07, 6.45) is 0.834. The highest BCUT2D eigenvalue weighted by molar-refractivity contribution is 5.94. The second-order valence-electron chi connectivity index (χ2n) is 3.34. The number of amides is 2. The van der Waals surface area contributed by atoms with Gasteiger partial charge >= 0.3 is 0 Å². The minimum atomic E-state index is -0.507. The van der Waals surface area contributed by atoms with Crippen molar-refractivity contribution < 1.29 is 9.59 Å². The zero-order valence-electron chi connectivity index (χ0n) is 9.45. The van der Waals surface area contributed by atoms with Crippen LogP contribution in [0.5, 0.6) is 0 Å². The molecule has 3 N–H and O–H groups in total. The number of aromatic nitrogens is 2. The summed E-state index contributed by atoms with van der Waals surface area (Å²) in [6.45, 7) is 2.40. The van der Waals surface area contributed by atoms with Crippen molar-refractivity contribution in [3.05, 3.63) is 28.2 Å². The van der Waals surface area contributed by atoms with E-state index in [2.05, 4.69) is 20.8 Å². The molecule has 17 heavy (non-hydrogen) atoms. The number of carbonyl (C=O) groups excluding carboxylic acids is 2. The predicted molar refractivity (Wildman–Crippen MR) is 60.5 cm³/mol. The Hall–Kier alpha value is -2.18. The minimum Gasteiger partial charge on any atom is -0.355 e. The Bertz CT molecular complexity index is 435. The van der Waals surface area contributed by atoms with Gasteiger partial charge in [-0.3, -0.25) is 14.4 Å². The summed E-state index contributed by atoms with van der Waals surface area (Å²) in [5.41, 5.74) is -0.324. The average molecular weight is 238 g/mol. The lowest BCUT2D eigenvalue weighted by Gasteiger charge is -2.04. The third-order valence-electron chi connectivity index (χ3n) is 1.89. The van der Waals surface area contributed by atoms with Crippen molar-refractivity contribution in [1.82, 2.24) is 20.8 Å². The maximum Gasteiger partial charge on any atom is 0.272 e. The lowest BCUT2D eigenvalue weighted by atomic mass is 10.3. The van der Waals surface area contributed by atoms with Gasteiger partial charge < -0.3 is 10.6 Å². The van der Waals surface area contributed by atoms with Gasteiger partial charge in [-0.1, -0.05) is 6.92 Å². The Morgan fingerprint density at radius 3 is 2.71 bits per heavy atom. The van der Waals surface area contributed by atoms with Crippen LogP contribution in [0.4, 0.5) is 0 Å². The van der Waals surface area contributed by atoms with Crippen molar-refractivity contribution in [2.45, 2.75) is 13.3 Å². The van der Waals surface area contributed by atoms with Gasteiger partial charge in [-0.2, -0.15) is 5.10 Å². The highest BCUT2D eigenvalue weighted by Gasteiger charge is 2.08. The summed E-state index contributed by atoms with van der Waals surface area (Å²) in [4.78, 5) is 33.4. The summed E-state index contributed by atoms with van der Waals surface area (Å²) < 4.78 is 0. The first-order valence-electron chi connectivity index (χ1n) is 5.24. The van der Waals surface area contributed by atoms with Crippen LogP contribution in [0.3, 0.4) is 0 Å². The Morgan fingerprint density at radius 2 is 2.12 bits per heavy atom. The van der Waals surface area contributed by atoms with E-state index in [1.807, 2.05) is 6.92 Å². The van der Waals surface area contributed by atoms with Crippen molar-refractivity contribution in [2.24, 2.45) is 0 Å². The summed E-state index contributed by atoms with van der Waals surface area (Å²) in [5.74, 6) is -0.766. The molecule has 1 aromatic rings. The first kappa shape index (κ1) is 12.9. The van der Waals surface area contributed by atoms with Gasteiger partial charge in [-0.25, -0.2) is 5.10 Å². The van der Waals surface area contributed by atoms with E-state index >= 15 is 0 Å². The first-order chi connectivity index (χ1) is 8.13. The number of H-pyrrole nitrogens is 1. The highest BCUT2D eigenvalue weighted by atomic mass is 16.2. The van der Waals surface area contributed by atoms with Crippen molar-refractivity contribution in [3.63, 3.8) is 0 Å². The van der Waals surface area contributed by atoms with Crippen LogP contribution in [0, 0.1) is 0 Å². The smallest absolute Gasteiger partial charge is 0.272 e. The number of carbonyl (C=O) groups is 2. The van der Waals surface area contributed by atoms with Crippen molar-refractivity contribution >= 4 is 11.8 Å². The van der Waals surface area contributed by atoms with Crippen LogP contribution in [-0.4, -0.2) is 35.1 Å². The largest absolute Gasteiger partial charge is 0.355 e. The second-order valence-corrected chi connectivity index (χ2v) is 3.34. The number of nitrogens with zero attached hydrogens (tertiary/aromatic N) is 1. The van der Waals surface area contributed by atoms with Gasteiger partial charge in [0.15, 0.2) is 0 Å². The van der Waals surface area contributed by atoms with E-state index < -0.39 is 5.91 Å². The topological polar surface area (TPSA) is 104 Å². The van der Waals surface area contributed by atoms with E-state index in [1.165, 1.54) is 12.1 Å². The Balaban J connectivity index is 2.42. The summed E-state index contributed by atoms with van der Waals surface area (Å²) in [7, 11) is 0. The van der Waals surface area contributed by atoms with E-state index in [1.54, 1.807) is 0 Å². The highest BCUT2D eigenvalue weighted by Crippen LogP contribution is 1.87. The fourth-order valence-corrected chi connectivity index (χ4v) is 1.05. The zero-order chi connectivity index (χ0) is 12.7. The molecular weight excluding hydrogens is 224 g/mol. The normalized spacial score (nSPS) is 9.71. The van der Waals surface area contributed by atoms with Crippen LogP contribution >= 0.6 is 0 Å². The lowest BCUT2D eigenvalue weighted by molar-refractivity contribution is -0.120. The van der Waals surface area contributed by atoms with Crippen LogP contribution in [0.2, 0.25) is 0 Å². The summed E-state index contributed by atoms with van der Waals surface area (Å²) in [5, 5.41) is 10.7.